The van der Waals surface area contributed by atoms with E-state index in [2.05, 4.69) is 42.8 Å². The molecule has 92 valence electrons. The van der Waals surface area contributed by atoms with Gasteiger partial charge in [0.05, 0.1) is 11.1 Å². The number of benzene rings is 1. The summed E-state index contributed by atoms with van der Waals surface area (Å²) in [5, 5.41) is 11.2. The minimum atomic E-state index is -0.656. The first-order chi connectivity index (χ1) is 7.92. The van der Waals surface area contributed by atoms with Crippen LogP contribution in [0.5, 0.6) is 0 Å². The number of hydrogen-bond donors (Lipinski definition) is 1. The molecule has 1 aromatic carbocycles. The van der Waals surface area contributed by atoms with Gasteiger partial charge in [-0.3, -0.25) is 0 Å². The zero-order valence-corrected chi connectivity index (χ0v) is 11.1. The highest BCUT2D eigenvalue weighted by molar-refractivity contribution is 5.86. The molecule has 0 saturated heterocycles. The zero-order valence-electron chi connectivity index (χ0n) is 11.1. The number of aliphatic hydroxyl groups is 1. The van der Waals surface area contributed by atoms with Gasteiger partial charge >= 0.3 is 0 Å². The summed E-state index contributed by atoms with van der Waals surface area (Å²) in [6.07, 6.45) is 2.87. The maximum Gasteiger partial charge on any atom is 0.0632 e. The Morgan fingerprint density at radius 3 is 2.59 bits per heavy atom. The molecule has 1 aromatic heterocycles. The van der Waals surface area contributed by atoms with Crippen molar-refractivity contribution < 1.29 is 5.11 Å². The van der Waals surface area contributed by atoms with Crippen LogP contribution in [0.1, 0.15) is 31.9 Å². The van der Waals surface area contributed by atoms with Crippen LogP contribution in [0.2, 0.25) is 0 Å². The van der Waals surface area contributed by atoms with Crippen LogP contribution in [0, 0.1) is 6.92 Å². The van der Waals surface area contributed by atoms with Crippen LogP contribution < -0.4 is 0 Å². The van der Waals surface area contributed by atoms with Crippen molar-refractivity contribution in [2.75, 3.05) is 0 Å². The molecule has 0 radical (unpaired) electrons. The molecule has 0 spiro atoms. The Morgan fingerprint density at radius 2 is 2.00 bits per heavy atom. The lowest BCUT2D eigenvalue weighted by molar-refractivity contribution is 0.0813. The molecule has 0 saturated carbocycles. The second kappa shape index (κ2) is 4.19. The molecule has 0 bridgehead atoms. The summed E-state index contributed by atoms with van der Waals surface area (Å²) in [5.41, 5.74) is 3.18. The largest absolute Gasteiger partial charge is 0.390 e. The molecule has 0 fully saturated rings. The normalized spacial score (nSPS) is 12.3. The Hall–Kier alpha value is -1.28. The van der Waals surface area contributed by atoms with Gasteiger partial charge in [0.25, 0.3) is 0 Å². The van der Waals surface area contributed by atoms with Crippen molar-refractivity contribution in [2.24, 2.45) is 0 Å². The van der Waals surface area contributed by atoms with E-state index >= 15 is 0 Å². The van der Waals surface area contributed by atoms with E-state index in [0.717, 1.165) is 6.54 Å². The first-order valence-corrected chi connectivity index (χ1v) is 6.22. The number of nitrogens with zero attached hydrogens (tertiary/aromatic N) is 1. The van der Waals surface area contributed by atoms with Crippen molar-refractivity contribution in [3.05, 3.63) is 35.5 Å². The predicted octanol–water partition coefficient (Wildman–Crippen LogP) is 3.28. The van der Waals surface area contributed by atoms with E-state index in [-0.39, 0.29) is 0 Å². The molecule has 0 aliphatic heterocycles. The second-order valence-corrected chi connectivity index (χ2v) is 5.40. The Bertz CT molecular complexity index is 532. The van der Waals surface area contributed by atoms with Gasteiger partial charge < -0.3 is 9.67 Å². The summed E-state index contributed by atoms with van der Waals surface area (Å²) in [5.74, 6) is 0. The number of para-hydroxylation sites is 1. The van der Waals surface area contributed by atoms with Gasteiger partial charge in [-0.25, -0.2) is 0 Å². The van der Waals surface area contributed by atoms with Gasteiger partial charge in [-0.2, -0.15) is 0 Å². The Labute approximate surface area is 103 Å². The SMILES string of the molecule is CCn1cc(CC(C)(C)O)c2cccc(C)c21. The number of rotatable bonds is 3. The van der Waals surface area contributed by atoms with Gasteiger partial charge in [-0.05, 0) is 38.8 Å². The van der Waals surface area contributed by atoms with Gasteiger partial charge in [-0.1, -0.05) is 18.2 Å². The van der Waals surface area contributed by atoms with Crippen molar-refractivity contribution in [1.82, 2.24) is 4.57 Å². The van der Waals surface area contributed by atoms with E-state index in [1.165, 1.54) is 22.0 Å². The molecule has 17 heavy (non-hydrogen) atoms. The van der Waals surface area contributed by atoms with Gasteiger partial charge in [0.15, 0.2) is 0 Å². The molecule has 2 heteroatoms. The lowest BCUT2D eigenvalue weighted by Gasteiger charge is -2.16. The average Bonchev–Trinajstić information content (AvgIpc) is 2.56. The predicted molar refractivity (Wildman–Crippen MR) is 72.4 cm³/mol. The van der Waals surface area contributed by atoms with Gasteiger partial charge in [-0.15, -0.1) is 0 Å². The summed E-state index contributed by atoms with van der Waals surface area (Å²) in [6, 6.07) is 6.38. The molecule has 0 atom stereocenters. The summed E-state index contributed by atoms with van der Waals surface area (Å²) >= 11 is 0. The van der Waals surface area contributed by atoms with Crippen LogP contribution in [-0.2, 0) is 13.0 Å². The Morgan fingerprint density at radius 1 is 1.29 bits per heavy atom. The van der Waals surface area contributed by atoms with E-state index in [1.54, 1.807) is 0 Å². The van der Waals surface area contributed by atoms with Crippen LogP contribution in [-0.4, -0.2) is 15.3 Å². The van der Waals surface area contributed by atoms with Crippen molar-refractivity contribution in [3.8, 4) is 0 Å². The van der Waals surface area contributed by atoms with E-state index in [4.69, 9.17) is 0 Å². The summed E-state index contributed by atoms with van der Waals surface area (Å²) in [7, 11) is 0. The monoisotopic (exact) mass is 231 g/mol. The van der Waals surface area contributed by atoms with Gasteiger partial charge in [0, 0.05) is 24.5 Å². The lowest BCUT2D eigenvalue weighted by Crippen LogP contribution is -2.21. The fraction of sp³-hybridized carbons (Fsp3) is 0.467. The van der Waals surface area contributed by atoms with Crippen LogP contribution in [0.4, 0.5) is 0 Å². The average molecular weight is 231 g/mol. The van der Waals surface area contributed by atoms with Crippen molar-refractivity contribution in [3.63, 3.8) is 0 Å². The second-order valence-electron chi connectivity index (χ2n) is 5.40. The Balaban J connectivity index is 2.62. The smallest absolute Gasteiger partial charge is 0.0632 e. The molecular weight excluding hydrogens is 210 g/mol. The minimum Gasteiger partial charge on any atom is -0.390 e. The molecule has 1 N–H and O–H groups in total. The third kappa shape index (κ3) is 2.37. The zero-order chi connectivity index (χ0) is 12.6. The van der Waals surface area contributed by atoms with Crippen molar-refractivity contribution in [1.29, 1.82) is 0 Å². The minimum absolute atomic E-state index is 0.656. The number of aryl methyl sites for hydroxylation is 2. The van der Waals surface area contributed by atoms with Crippen LogP contribution in [0.25, 0.3) is 10.9 Å². The van der Waals surface area contributed by atoms with E-state index in [9.17, 15) is 5.11 Å². The highest BCUT2D eigenvalue weighted by Gasteiger charge is 2.18. The van der Waals surface area contributed by atoms with Gasteiger partial charge in [0.2, 0.25) is 0 Å². The molecule has 2 aromatic rings. The van der Waals surface area contributed by atoms with E-state index in [0.29, 0.717) is 6.42 Å². The van der Waals surface area contributed by atoms with Crippen LogP contribution >= 0.6 is 0 Å². The summed E-state index contributed by atoms with van der Waals surface area (Å²) < 4.78 is 2.27. The van der Waals surface area contributed by atoms with Crippen molar-refractivity contribution in [2.45, 2.75) is 46.3 Å². The first-order valence-electron chi connectivity index (χ1n) is 6.22. The topological polar surface area (TPSA) is 25.2 Å². The molecule has 0 aliphatic rings. The Kier molecular flexibility index (Phi) is 3.00. The summed E-state index contributed by atoms with van der Waals surface area (Å²) in [4.78, 5) is 0. The van der Waals surface area contributed by atoms with Crippen LogP contribution in [0.3, 0.4) is 0 Å². The molecule has 0 amide bonds. The van der Waals surface area contributed by atoms with Crippen molar-refractivity contribution >= 4 is 10.9 Å². The molecule has 2 rings (SSSR count). The number of aromatic nitrogens is 1. The highest BCUT2D eigenvalue weighted by Crippen LogP contribution is 2.27. The molecule has 2 nitrogen and oxygen atoms in total. The molecule has 0 unspecified atom stereocenters. The molecule has 0 aliphatic carbocycles. The standard InChI is InChI=1S/C15H21NO/c1-5-16-10-12(9-15(3,4)17)13-8-6-7-11(2)14(13)16/h6-8,10,17H,5,9H2,1-4H3. The van der Waals surface area contributed by atoms with Crippen LogP contribution in [0.15, 0.2) is 24.4 Å². The molecular formula is C15H21NO. The highest BCUT2D eigenvalue weighted by atomic mass is 16.3. The maximum absolute atomic E-state index is 9.97. The van der Waals surface area contributed by atoms with E-state index < -0.39 is 5.60 Å². The third-order valence-corrected chi connectivity index (χ3v) is 3.15. The molecule has 1 heterocycles. The third-order valence-electron chi connectivity index (χ3n) is 3.15. The van der Waals surface area contributed by atoms with Gasteiger partial charge in [0.1, 0.15) is 0 Å². The first kappa shape index (κ1) is 12.2. The summed E-state index contributed by atoms with van der Waals surface area (Å²) in [6.45, 7) is 8.98. The fourth-order valence-corrected chi connectivity index (χ4v) is 2.48. The fourth-order valence-electron chi connectivity index (χ4n) is 2.48. The lowest BCUT2D eigenvalue weighted by atomic mass is 9.98. The quantitative estimate of drug-likeness (QED) is 0.861. The van der Waals surface area contributed by atoms with E-state index in [1.807, 2.05) is 13.8 Å². The maximum atomic E-state index is 9.97. The number of hydrogen-bond acceptors (Lipinski definition) is 1. The number of fused-ring (bicyclic) bond motifs is 1.